The second-order valence-electron chi connectivity index (χ2n) is 7.51. The molecule has 0 unspecified atom stereocenters. The molecule has 2 radical (unpaired) electrons. The van der Waals surface area contributed by atoms with Crippen molar-refractivity contribution in [1.82, 2.24) is 0 Å². The van der Waals surface area contributed by atoms with Crippen molar-refractivity contribution in [1.29, 1.82) is 0 Å². The second-order valence-corrected chi connectivity index (χ2v) is 9.22. The van der Waals surface area contributed by atoms with Gasteiger partial charge in [-0.25, -0.2) is 0 Å². The van der Waals surface area contributed by atoms with Gasteiger partial charge in [0.1, 0.15) is 5.60 Å². The molecule has 4 rings (SSSR count). The van der Waals surface area contributed by atoms with Crippen molar-refractivity contribution in [2.75, 3.05) is 17.2 Å². The number of amides is 1. The third-order valence-electron chi connectivity index (χ3n) is 4.17. The van der Waals surface area contributed by atoms with Gasteiger partial charge in [0, 0.05) is 0 Å². The molecule has 0 aliphatic carbocycles. The van der Waals surface area contributed by atoms with Crippen molar-refractivity contribution in [2.24, 2.45) is 0 Å². The van der Waals surface area contributed by atoms with Crippen LogP contribution in [-0.2, 0) is 4.79 Å². The Morgan fingerprint density at radius 2 is 1.41 bits per heavy atom. The number of rotatable bonds is 0. The Labute approximate surface area is 190 Å². The van der Waals surface area contributed by atoms with Gasteiger partial charge in [-0.05, 0) is 83.8 Å². The lowest BCUT2D eigenvalue weighted by Crippen LogP contribution is -2.45. The monoisotopic (exact) mass is 522 g/mol. The van der Waals surface area contributed by atoms with Crippen LogP contribution in [0.4, 0.5) is 11.4 Å². The molecule has 2 aliphatic heterocycles. The molecule has 0 saturated carbocycles. The Morgan fingerprint density at radius 1 is 0.897 bits per heavy atom. The number of carbonyl (C=O) groups is 1. The molecule has 0 spiro atoms. The highest BCUT2D eigenvalue weighted by Gasteiger charge is 2.36. The molecule has 0 atom stereocenters. The number of hydrogen-bond donors (Lipinski definition) is 2. The maximum Gasteiger partial charge on any atom is 0.268 e. The van der Waals surface area contributed by atoms with Gasteiger partial charge in [0.25, 0.3) is 5.91 Å². The molecule has 2 aliphatic rings. The van der Waals surface area contributed by atoms with Gasteiger partial charge in [0.05, 0.1) is 34.7 Å². The molecular weight excluding hydrogens is 499 g/mol. The topological polar surface area (TPSA) is 59.6 Å². The highest BCUT2D eigenvalue weighted by atomic mass is 79.9. The van der Waals surface area contributed by atoms with E-state index >= 15 is 0 Å². The summed E-state index contributed by atoms with van der Waals surface area (Å²) in [7, 11) is 4.50. The number of halogens is 2. The van der Waals surface area contributed by atoms with E-state index < -0.39 is 5.60 Å². The average Bonchev–Trinajstić information content (AvgIpc) is 2.66. The summed E-state index contributed by atoms with van der Waals surface area (Å²) < 4.78 is 13.3. The van der Waals surface area contributed by atoms with Crippen molar-refractivity contribution in [3.05, 3.63) is 45.3 Å². The van der Waals surface area contributed by atoms with E-state index in [2.05, 4.69) is 64.2 Å². The number of carbonyl (C=O) groups excluding carboxylic acids is 1. The number of hydrogen-bond acceptors (Lipinski definition) is 4. The first-order valence-electron chi connectivity index (χ1n) is 9.17. The molecule has 5 nitrogen and oxygen atoms in total. The van der Waals surface area contributed by atoms with E-state index in [0.717, 1.165) is 26.9 Å². The number of para-hydroxylation sites is 2. The van der Waals surface area contributed by atoms with E-state index in [4.69, 9.17) is 9.47 Å². The summed E-state index contributed by atoms with van der Waals surface area (Å²) in [6.07, 6.45) is 0. The van der Waals surface area contributed by atoms with Crippen molar-refractivity contribution >= 4 is 57.0 Å². The van der Waals surface area contributed by atoms with E-state index in [1.54, 1.807) is 13.8 Å². The van der Waals surface area contributed by atoms with E-state index in [1.807, 2.05) is 36.4 Å². The smallest absolute Gasteiger partial charge is 0.268 e. The van der Waals surface area contributed by atoms with Gasteiger partial charge in [0.2, 0.25) is 0 Å². The van der Waals surface area contributed by atoms with Gasteiger partial charge >= 0.3 is 0 Å². The average molecular weight is 524 g/mol. The third kappa shape index (κ3) is 5.69. The molecular formula is C21H25BBr2N2O3. The second kappa shape index (κ2) is 9.43. The van der Waals surface area contributed by atoms with Gasteiger partial charge in [-0.1, -0.05) is 19.0 Å². The van der Waals surface area contributed by atoms with E-state index in [-0.39, 0.29) is 11.5 Å². The van der Waals surface area contributed by atoms with Crippen molar-refractivity contribution in [2.45, 2.75) is 45.7 Å². The fourth-order valence-electron chi connectivity index (χ4n) is 2.66. The molecule has 2 aromatic carbocycles. The molecule has 8 heteroatoms. The molecule has 2 aromatic rings. The quantitative estimate of drug-likeness (QED) is 0.429. The molecule has 2 heterocycles. The number of ether oxygens (including phenoxy) is 2. The zero-order chi connectivity index (χ0) is 21.8. The highest BCUT2D eigenvalue weighted by Crippen LogP contribution is 2.39. The number of benzene rings is 2. The van der Waals surface area contributed by atoms with Crippen LogP contribution in [0.2, 0.25) is 6.82 Å². The molecule has 1 amide bonds. The molecule has 0 fully saturated rings. The first-order chi connectivity index (χ1) is 13.6. The van der Waals surface area contributed by atoms with Crippen molar-refractivity contribution in [3.8, 4) is 11.5 Å². The Bertz CT molecular complexity index is 888. The Kier molecular flexibility index (Phi) is 7.68. The molecule has 0 saturated heterocycles. The summed E-state index contributed by atoms with van der Waals surface area (Å²) in [4.78, 5) is 11.5. The normalized spacial score (nSPS) is 17.1. The van der Waals surface area contributed by atoms with Crippen LogP contribution in [0.5, 0.6) is 11.5 Å². The number of nitrogens with one attached hydrogen (secondary N) is 2. The number of fused-ring (bicyclic) bond motifs is 2. The maximum absolute atomic E-state index is 11.5. The van der Waals surface area contributed by atoms with Crippen LogP contribution < -0.4 is 20.1 Å². The Hall–Kier alpha value is -1.67. The molecule has 0 bridgehead atoms. The molecule has 29 heavy (non-hydrogen) atoms. The summed E-state index contributed by atoms with van der Waals surface area (Å²) in [5, 5.41) is 6.14. The Morgan fingerprint density at radius 3 is 2.00 bits per heavy atom. The largest absolute Gasteiger partial charge is 0.483 e. The SMILES string of the molecule is CC1(C)CNc2cccc(Br)c2O1.CC1(C)Oc2c(Br)cccc2NC1=O.[B]C. The predicted molar refractivity (Wildman–Crippen MR) is 126 cm³/mol. The fraction of sp³-hybridized carbons (Fsp3) is 0.381. The first kappa shape index (κ1) is 23.6. The van der Waals surface area contributed by atoms with Crippen LogP contribution in [0.1, 0.15) is 27.7 Å². The molecule has 0 aromatic heterocycles. The first-order valence-corrected chi connectivity index (χ1v) is 10.8. The summed E-state index contributed by atoms with van der Waals surface area (Å²) in [5.74, 6) is 1.49. The van der Waals surface area contributed by atoms with Crippen LogP contribution in [0.25, 0.3) is 0 Å². The third-order valence-corrected chi connectivity index (χ3v) is 5.42. The van der Waals surface area contributed by atoms with Gasteiger partial charge in [-0.2, -0.15) is 0 Å². The molecule has 2 N–H and O–H groups in total. The summed E-state index contributed by atoms with van der Waals surface area (Å²) in [5.41, 5.74) is 0.839. The van der Waals surface area contributed by atoms with Crippen molar-refractivity contribution in [3.63, 3.8) is 0 Å². The van der Waals surface area contributed by atoms with E-state index in [1.165, 1.54) is 6.82 Å². The molecule has 154 valence electrons. The summed E-state index contributed by atoms with van der Waals surface area (Å²) >= 11 is 6.85. The van der Waals surface area contributed by atoms with Gasteiger partial charge < -0.3 is 20.1 Å². The van der Waals surface area contributed by atoms with Gasteiger partial charge in [-0.3, -0.25) is 4.79 Å². The van der Waals surface area contributed by atoms with E-state index in [0.29, 0.717) is 11.4 Å². The minimum Gasteiger partial charge on any atom is -0.483 e. The lowest BCUT2D eigenvalue weighted by atomic mass is 10.1. The van der Waals surface area contributed by atoms with E-state index in [9.17, 15) is 4.79 Å². The fourth-order valence-corrected chi connectivity index (χ4v) is 3.55. The summed E-state index contributed by atoms with van der Waals surface area (Å²) in [6, 6.07) is 11.6. The minimum absolute atomic E-state index is 0.122. The standard InChI is InChI=1S/C10H10BrNO2.C10H12BrNO.CH3B/c1-10(2)9(13)12-7-5-3-4-6(11)8(7)14-10;1-10(2)6-12-8-5-3-4-7(11)9(8)13-10;1-2/h3-5H,1-2H3,(H,12,13);3-5,12H,6H2,1-2H3;1H3. The lowest BCUT2D eigenvalue weighted by Gasteiger charge is -2.33. The zero-order valence-corrected chi connectivity index (χ0v) is 20.4. The maximum atomic E-state index is 11.5. The van der Waals surface area contributed by atoms with Crippen LogP contribution in [0.15, 0.2) is 45.3 Å². The van der Waals surface area contributed by atoms with Crippen LogP contribution in [0, 0.1) is 0 Å². The van der Waals surface area contributed by atoms with Crippen LogP contribution in [-0.4, -0.2) is 31.5 Å². The zero-order valence-electron chi connectivity index (χ0n) is 17.2. The summed E-state index contributed by atoms with van der Waals surface area (Å²) in [6.45, 7) is 9.97. The van der Waals surface area contributed by atoms with Gasteiger partial charge in [-0.15, -0.1) is 0 Å². The number of anilines is 2. The predicted octanol–water partition coefficient (Wildman–Crippen LogP) is 5.79. The Balaban J connectivity index is 0.000000191. The lowest BCUT2D eigenvalue weighted by molar-refractivity contribution is -0.129. The minimum atomic E-state index is -0.809. The van der Waals surface area contributed by atoms with Crippen LogP contribution >= 0.6 is 31.9 Å². The van der Waals surface area contributed by atoms with Crippen LogP contribution in [0.3, 0.4) is 0 Å². The van der Waals surface area contributed by atoms with Gasteiger partial charge in [0.15, 0.2) is 17.1 Å². The van der Waals surface area contributed by atoms with Crippen molar-refractivity contribution < 1.29 is 14.3 Å². The highest BCUT2D eigenvalue weighted by molar-refractivity contribution is 9.11.